The summed E-state index contributed by atoms with van der Waals surface area (Å²) in [6.07, 6.45) is 0.960. The number of phenols is 1. The van der Waals surface area contributed by atoms with E-state index in [0.717, 1.165) is 12.1 Å². The molecule has 89 valence electrons. The number of phenolic OH excluding ortho intramolecular Hbond substituents is 1. The molecule has 0 spiro atoms. The molecule has 1 aromatic rings. The number of allylic oxidation sites excluding steroid dienone is 1. The van der Waals surface area contributed by atoms with Gasteiger partial charge in [0.15, 0.2) is 11.5 Å². The van der Waals surface area contributed by atoms with E-state index in [4.69, 9.17) is 0 Å². The smallest absolute Gasteiger partial charge is 0.321 e. The quantitative estimate of drug-likeness (QED) is 0.303. The first-order chi connectivity index (χ1) is 6.57. The van der Waals surface area contributed by atoms with Gasteiger partial charge in [-0.05, 0) is 18.2 Å². The Hall–Kier alpha value is -1.14. The fourth-order valence-electron chi connectivity index (χ4n) is 1.03. The molecule has 0 saturated carbocycles. The molecule has 1 N–H and O–H groups in total. The van der Waals surface area contributed by atoms with Crippen LogP contribution in [0.4, 0.5) is 5.69 Å². The average molecular weight is 308 g/mol. The number of aromatic hydroxyl groups is 1. The number of nitro groups is 1. The number of rotatable bonds is 3. The Morgan fingerprint density at radius 1 is 1.50 bits per heavy atom. The third kappa shape index (κ3) is 3.46. The first kappa shape index (κ1) is 17.3. The molecule has 1 aromatic carbocycles. The second-order valence-corrected chi connectivity index (χ2v) is 2.50. The summed E-state index contributed by atoms with van der Waals surface area (Å²) in [6, 6.07) is 3.78. The summed E-state index contributed by atoms with van der Waals surface area (Å²) in [5.74, 6) is -1.12. The van der Waals surface area contributed by atoms with Crippen molar-refractivity contribution in [2.24, 2.45) is 0 Å². The van der Waals surface area contributed by atoms with Crippen LogP contribution < -0.4 is 0 Å². The van der Waals surface area contributed by atoms with Crippen LogP contribution >= 0.6 is 0 Å². The monoisotopic (exact) mass is 308 g/mol. The van der Waals surface area contributed by atoms with Crippen LogP contribution in [0.15, 0.2) is 30.9 Å². The number of carbonyl (C=O) groups excluding carboxylic acids is 1. The Morgan fingerprint density at radius 2 is 2.06 bits per heavy atom. The fourth-order valence-corrected chi connectivity index (χ4v) is 1.03. The molecule has 1 radical (unpaired) electrons. The van der Waals surface area contributed by atoms with E-state index >= 15 is 0 Å². The van der Waals surface area contributed by atoms with Crippen LogP contribution in [0.2, 0.25) is 0 Å². The standard InChI is InChI=1S/C9H7NO4.Co.Fe/c1-2-7(11)6-4-3-5-8(12)9(6)10(13)14;;/h2-5,12H,1H2;;. The molecule has 0 aliphatic carbocycles. The van der Waals surface area contributed by atoms with Crippen LogP contribution in [0.1, 0.15) is 10.4 Å². The van der Waals surface area contributed by atoms with Crippen LogP contribution in [0, 0.1) is 10.1 Å². The summed E-state index contributed by atoms with van der Waals surface area (Å²) in [7, 11) is 0. The third-order valence-corrected chi connectivity index (χ3v) is 1.65. The van der Waals surface area contributed by atoms with Crippen molar-refractivity contribution in [3.8, 4) is 5.75 Å². The average Bonchev–Trinajstić information content (AvgIpc) is 2.15. The molecule has 0 amide bonds. The molecule has 0 heterocycles. The molecule has 5 nitrogen and oxygen atoms in total. The first-order valence-corrected chi connectivity index (χ1v) is 3.71. The van der Waals surface area contributed by atoms with Crippen molar-refractivity contribution in [3.05, 3.63) is 46.5 Å². The van der Waals surface area contributed by atoms with Gasteiger partial charge in [-0.3, -0.25) is 14.9 Å². The third-order valence-electron chi connectivity index (χ3n) is 1.65. The molecule has 0 unspecified atom stereocenters. The predicted molar refractivity (Wildman–Crippen MR) is 49.3 cm³/mol. The Labute approximate surface area is 112 Å². The normalized spacial score (nSPS) is 8.25. The van der Waals surface area contributed by atoms with Crippen LogP contribution in [0.5, 0.6) is 5.75 Å². The molecular weight excluding hydrogens is 301 g/mol. The maximum absolute atomic E-state index is 11.2. The molecule has 7 heteroatoms. The van der Waals surface area contributed by atoms with Gasteiger partial charge in [-0.25, -0.2) is 0 Å². The van der Waals surface area contributed by atoms with E-state index in [2.05, 4.69) is 6.58 Å². The van der Waals surface area contributed by atoms with Gasteiger partial charge in [0, 0.05) is 33.8 Å². The van der Waals surface area contributed by atoms with Crippen molar-refractivity contribution >= 4 is 11.5 Å². The number of ketones is 1. The first-order valence-electron chi connectivity index (χ1n) is 3.71. The van der Waals surface area contributed by atoms with Gasteiger partial charge < -0.3 is 5.11 Å². The number of benzene rings is 1. The number of carbonyl (C=O) groups is 1. The van der Waals surface area contributed by atoms with Crippen LogP contribution in [0.3, 0.4) is 0 Å². The minimum Gasteiger partial charge on any atom is -0.502 e. The van der Waals surface area contributed by atoms with E-state index in [1.54, 1.807) is 0 Å². The summed E-state index contributed by atoms with van der Waals surface area (Å²) in [4.78, 5) is 20.9. The zero-order valence-corrected chi connectivity index (χ0v) is 9.97. The minimum absolute atomic E-state index is 0. The Bertz CT molecular complexity index is 422. The maximum Gasteiger partial charge on any atom is 0.321 e. The fraction of sp³-hybridized carbons (Fsp3) is 0. The van der Waals surface area contributed by atoms with E-state index < -0.39 is 22.1 Å². The van der Waals surface area contributed by atoms with Crippen molar-refractivity contribution in [2.75, 3.05) is 0 Å². The molecule has 0 atom stereocenters. The molecule has 0 aromatic heterocycles. The van der Waals surface area contributed by atoms with Crippen LogP contribution in [0.25, 0.3) is 0 Å². The van der Waals surface area contributed by atoms with E-state index in [-0.39, 0.29) is 39.4 Å². The van der Waals surface area contributed by atoms with Gasteiger partial charge in [-0.1, -0.05) is 12.6 Å². The Morgan fingerprint density at radius 3 is 2.50 bits per heavy atom. The van der Waals surface area contributed by atoms with Crippen molar-refractivity contribution in [2.45, 2.75) is 0 Å². The number of hydrogen-bond donors (Lipinski definition) is 1. The van der Waals surface area contributed by atoms with Crippen molar-refractivity contribution in [1.29, 1.82) is 0 Å². The van der Waals surface area contributed by atoms with E-state index in [9.17, 15) is 20.0 Å². The second-order valence-electron chi connectivity index (χ2n) is 2.50. The largest absolute Gasteiger partial charge is 0.502 e. The molecular formula is C9H7CoFeNO4. The SMILES string of the molecule is C=CC(=O)c1cccc(O)c1[N+](=O)[O-].[Co].[Fe]. The van der Waals surface area contributed by atoms with Crippen LogP contribution in [-0.2, 0) is 33.8 Å². The van der Waals surface area contributed by atoms with Crippen LogP contribution in [-0.4, -0.2) is 15.8 Å². The molecule has 0 fully saturated rings. The molecule has 16 heavy (non-hydrogen) atoms. The molecule has 0 saturated heterocycles. The van der Waals surface area contributed by atoms with E-state index in [1.165, 1.54) is 12.1 Å². The van der Waals surface area contributed by atoms with Gasteiger partial charge in [0.25, 0.3) is 0 Å². The summed E-state index contributed by atoms with van der Waals surface area (Å²) < 4.78 is 0. The van der Waals surface area contributed by atoms with Gasteiger partial charge in [-0.2, -0.15) is 0 Å². The summed E-state index contributed by atoms with van der Waals surface area (Å²) in [5.41, 5.74) is -0.748. The number of nitro benzene ring substituents is 1. The van der Waals surface area contributed by atoms with Gasteiger partial charge in [-0.15, -0.1) is 0 Å². The van der Waals surface area contributed by atoms with Gasteiger partial charge in [0.05, 0.1) is 4.92 Å². The molecule has 0 bridgehead atoms. The van der Waals surface area contributed by atoms with Crippen molar-refractivity contribution < 1.29 is 48.7 Å². The zero-order chi connectivity index (χ0) is 10.7. The second kappa shape index (κ2) is 7.18. The van der Waals surface area contributed by atoms with Crippen molar-refractivity contribution in [1.82, 2.24) is 0 Å². The van der Waals surface area contributed by atoms with E-state index in [1.807, 2.05) is 0 Å². The van der Waals surface area contributed by atoms with Gasteiger partial charge in [0.2, 0.25) is 0 Å². The molecule has 0 aliphatic rings. The van der Waals surface area contributed by atoms with Gasteiger partial charge in [0.1, 0.15) is 5.56 Å². The predicted octanol–water partition coefficient (Wildman–Crippen LogP) is 1.66. The minimum atomic E-state index is -0.800. The molecule has 1 rings (SSSR count). The summed E-state index contributed by atoms with van der Waals surface area (Å²) in [6.45, 7) is 3.21. The summed E-state index contributed by atoms with van der Waals surface area (Å²) >= 11 is 0. The zero-order valence-electron chi connectivity index (χ0n) is 7.82. The Balaban J connectivity index is 0. The topological polar surface area (TPSA) is 80.4 Å². The molecule has 0 aliphatic heterocycles. The van der Waals surface area contributed by atoms with Crippen molar-refractivity contribution in [3.63, 3.8) is 0 Å². The maximum atomic E-state index is 11.2. The number of para-hydroxylation sites is 1. The van der Waals surface area contributed by atoms with E-state index in [0.29, 0.717) is 0 Å². The number of nitrogens with zero attached hydrogens (tertiary/aromatic N) is 1. The Kier molecular flexibility index (Phi) is 7.75. The summed E-state index contributed by atoms with van der Waals surface area (Å²) in [5, 5.41) is 19.7. The van der Waals surface area contributed by atoms with Gasteiger partial charge >= 0.3 is 5.69 Å². The number of hydrogen-bond acceptors (Lipinski definition) is 4.